The fraction of sp³-hybridized carbons (Fsp3) is 0.375. The van der Waals surface area contributed by atoms with Gasteiger partial charge in [-0.05, 0) is 38.5 Å². The zero-order chi connectivity index (χ0) is 17.0. The molecule has 0 radical (unpaired) electrons. The molecule has 2 aromatic rings. The number of thiazole rings is 1. The van der Waals surface area contributed by atoms with E-state index in [2.05, 4.69) is 27.5 Å². The summed E-state index contributed by atoms with van der Waals surface area (Å²) >= 11 is 13.7. The predicted octanol–water partition coefficient (Wildman–Crippen LogP) is 5.11. The molecule has 2 N–H and O–H groups in total. The minimum Gasteiger partial charge on any atom is -0.350 e. The molecule has 24 heavy (non-hydrogen) atoms. The first-order valence-corrected chi connectivity index (χ1v) is 8.83. The van der Waals surface area contributed by atoms with Crippen molar-refractivity contribution in [3.05, 3.63) is 49.4 Å². The molecule has 1 unspecified atom stereocenters. The molecule has 0 amide bonds. The molecular weight excluding hydrogens is 478 g/mol. The van der Waals surface area contributed by atoms with Crippen LogP contribution in [0.25, 0.3) is 0 Å². The number of nitrogens with zero attached hydrogens (tertiary/aromatic N) is 2. The molecule has 0 saturated carbocycles. The summed E-state index contributed by atoms with van der Waals surface area (Å²) in [5.74, 6) is 0.717. The maximum absolute atomic E-state index is 6.07. The number of halogens is 3. The molecule has 0 bridgehead atoms. The van der Waals surface area contributed by atoms with Gasteiger partial charge in [-0.15, -0.1) is 35.3 Å². The fourth-order valence-corrected chi connectivity index (χ4v) is 3.22. The van der Waals surface area contributed by atoms with Crippen LogP contribution in [0.2, 0.25) is 10.0 Å². The van der Waals surface area contributed by atoms with Crippen LogP contribution < -0.4 is 10.6 Å². The van der Waals surface area contributed by atoms with Gasteiger partial charge in [0, 0.05) is 11.9 Å². The molecule has 0 aliphatic heterocycles. The van der Waals surface area contributed by atoms with Crippen molar-refractivity contribution in [1.82, 2.24) is 15.6 Å². The SMILES string of the molecule is CN=C(NCc1nc(C)c(C)s1)NC(C)c1ccc(Cl)c(Cl)c1.I. The van der Waals surface area contributed by atoms with E-state index in [0.717, 1.165) is 16.3 Å². The maximum atomic E-state index is 6.07. The lowest BCUT2D eigenvalue weighted by Crippen LogP contribution is -2.38. The van der Waals surface area contributed by atoms with E-state index in [-0.39, 0.29) is 30.0 Å². The van der Waals surface area contributed by atoms with Crippen LogP contribution >= 0.6 is 58.5 Å². The van der Waals surface area contributed by atoms with Crippen LogP contribution in [0.3, 0.4) is 0 Å². The largest absolute Gasteiger partial charge is 0.350 e. The summed E-state index contributed by atoms with van der Waals surface area (Å²) in [5, 5.41) is 8.77. The molecule has 8 heteroatoms. The minimum atomic E-state index is 0. The van der Waals surface area contributed by atoms with Crippen molar-refractivity contribution in [3.8, 4) is 0 Å². The Balaban J connectivity index is 0.00000288. The van der Waals surface area contributed by atoms with Crippen LogP contribution in [0, 0.1) is 13.8 Å². The van der Waals surface area contributed by atoms with Gasteiger partial charge < -0.3 is 10.6 Å². The number of rotatable bonds is 4. The lowest BCUT2D eigenvalue weighted by atomic mass is 10.1. The van der Waals surface area contributed by atoms with Crippen molar-refractivity contribution in [2.45, 2.75) is 33.4 Å². The number of aliphatic imine (C=N–C) groups is 1. The van der Waals surface area contributed by atoms with E-state index in [1.807, 2.05) is 26.0 Å². The number of hydrogen-bond donors (Lipinski definition) is 2. The van der Waals surface area contributed by atoms with Gasteiger partial charge in [-0.25, -0.2) is 4.98 Å². The van der Waals surface area contributed by atoms with Gasteiger partial charge in [0.1, 0.15) is 5.01 Å². The van der Waals surface area contributed by atoms with Gasteiger partial charge in [-0.2, -0.15) is 0 Å². The monoisotopic (exact) mass is 498 g/mol. The Hall–Kier alpha value is -0.570. The van der Waals surface area contributed by atoms with Crippen LogP contribution in [-0.4, -0.2) is 18.0 Å². The molecule has 0 spiro atoms. The summed E-state index contributed by atoms with van der Waals surface area (Å²) in [6.07, 6.45) is 0. The molecule has 0 fully saturated rings. The number of nitrogens with one attached hydrogen (secondary N) is 2. The van der Waals surface area contributed by atoms with Gasteiger partial charge in [0.15, 0.2) is 5.96 Å². The quantitative estimate of drug-likeness (QED) is 0.350. The zero-order valence-electron chi connectivity index (χ0n) is 14.0. The molecule has 1 aromatic carbocycles. The summed E-state index contributed by atoms with van der Waals surface area (Å²) in [5.41, 5.74) is 2.13. The zero-order valence-corrected chi connectivity index (χ0v) is 18.6. The molecule has 132 valence electrons. The highest BCUT2D eigenvalue weighted by atomic mass is 127. The number of aryl methyl sites for hydroxylation is 2. The van der Waals surface area contributed by atoms with Crippen LogP contribution in [0.4, 0.5) is 0 Å². The lowest BCUT2D eigenvalue weighted by Gasteiger charge is -2.18. The van der Waals surface area contributed by atoms with E-state index in [4.69, 9.17) is 23.2 Å². The maximum Gasteiger partial charge on any atom is 0.191 e. The topological polar surface area (TPSA) is 49.3 Å². The Morgan fingerprint density at radius 3 is 2.54 bits per heavy atom. The summed E-state index contributed by atoms with van der Waals surface area (Å²) in [4.78, 5) is 10.0. The molecular formula is C16H21Cl2IN4S. The van der Waals surface area contributed by atoms with E-state index in [0.29, 0.717) is 22.5 Å². The Kier molecular flexibility index (Phi) is 8.76. The Morgan fingerprint density at radius 1 is 1.29 bits per heavy atom. The second-order valence-corrected chi connectivity index (χ2v) is 7.32. The third-order valence-electron chi connectivity index (χ3n) is 3.50. The summed E-state index contributed by atoms with van der Waals surface area (Å²) in [7, 11) is 1.75. The highest BCUT2D eigenvalue weighted by molar-refractivity contribution is 14.0. The lowest BCUT2D eigenvalue weighted by molar-refractivity contribution is 0.684. The number of aromatic nitrogens is 1. The van der Waals surface area contributed by atoms with Crippen LogP contribution in [0.5, 0.6) is 0 Å². The van der Waals surface area contributed by atoms with Gasteiger partial charge in [-0.1, -0.05) is 29.3 Å². The molecule has 0 aliphatic rings. The van der Waals surface area contributed by atoms with Crippen molar-refractivity contribution in [3.63, 3.8) is 0 Å². The van der Waals surface area contributed by atoms with E-state index < -0.39 is 0 Å². The van der Waals surface area contributed by atoms with Crippen molar-refractivity contribution in [2.75, 3.05) is 7.05 Å². The normalized spacial score (nSPS) is 12.5. The second kappa shape index (κ2) is 9.79. The van der Waals surface area contributed by atoms with E-state index in [1.165, 1.54) is 4.88 Å². The number of benzene rings is 1. The average molecular weight is 499 g/mol. The van der Waals surface area contributed by atoms with Gasteiger partial charge in [0.25, 0.3) is 0 Å². The Morgan fingerprint density at radius 2 is 2.00 bits per heavy atom. The van der Waals surface area contributed by atoms with Crippen molar-refractivity contribution in [1.29, 1.82) is 0 Å². The number of hydrogen-bond acceptors (Lipinski definition) is 3. The summed E-state index contributed by atoms with van der Waals surface area (Å²) < 4.78 is 0. The highest BCUT2D eigenvalue weighted by Crippen LogP contribution is 2.25. The predicted molar refractivity (Wildman–Crippen MR) is 115 cm³/mol. The Labute approximate surface area is 174 Å². The fourth-order valence-electron chi connectivity index (χ4n) is 2.04. The van der Waals surface area contributed by atoms with E-state index >= 15 is 0 Å². The van der Waals surface area contributed by atoms with Crippen LogP contribution in [0.1, 0.15) is 34.1 Å². The van der Waals surface area contributed by atoms with Gasteiger partial charge in [-0.3, -0.25) is 4.99 Å². The molecule has 4 nitrogen and oxygen atoms in total. The molecule has 2 rings (SSSR count). The molecule has 1 aromatic heterocycles. The second-order valence-electron chi connectivity index (χ2n) is 5.21. The van der Waals surface area contributed by atoms with Crippen molar-refractivity contribution < 1.29 is 0 Å². The highest BCUT2D eigenvalue weighted by Gasteiger charge is 2.10. The van der Waals surface area contributed by atoms with Gasteiger partial charge >= 0.3 is 0 Å². The van der Waals surface area contributed by atoms with E-state index in [9.17, 15) is 0 Å². The third-order valence-corrected chi connectivity index (χ3v) is 5.31. The standard InChI is InChI=1S/C16H20Cl2N4S.HI/c1-9-11(3)23-15(21-9)8-20-16(19-4)22-10(2)12-5-6-13(17)14(18)7-12;/h5-7,10H,8H2,1-4H3,(H2,19,20,22);1H. The first kappa shape index (κ1) is 21.5. The van der Waals surface area contributed by atoms with Crippen molar-refractivity contribution >= 4 is 64.5 Å². The average Bonchev–Trinajstić information content (AvgIpc) is 2.84. The molecule has 0 aliphatic carbocycles. The van der Waals surface area contributed by atoms with Crippen molar-refractivity contribution in [2.24, 2.45) is 4.99 Å². The van der Waals surface area contributed by atoms with Crippen LogP contribution in [0.15, 0.2) is 23.2 Å². The smallest absolute Gasteiger partial charge is 0.191 e. The minimum absolute atomic E-state index is 0. The Bertz CT molecular complexity index is 699. The first-order valence-electron chi connectivity index (χ1n) is 7.25. The number of guanidine groups is 1. The van der Waals surface area contributed by atoms with Gasteiger partial charge in [0.2, 0.25) is 0 Å². The molecule has 1 heterocycles. The summed E-state index contributed by atoms with van der Waals surface area (Å²) in [6, 6.07) is 5.67. The first-order chi connectivity index (χ1) is 10.9. The molecule has 1 atom stereocenters. The molecule has 0 saturated heterocycles. The van der Waals surface area contributed by atoms with Gasteiger partial charge in [0.05, 0.1) is 28.3 Å². The van der Waals surface area contributed by atoms with E-state index in [1.54, 1.807) is 24.5 Å². The summed E-state index contributed by atoms with van der Waals surface area (Å²) in [6.45, 7) is 6.79. The third kappa shape index (κ3) is 5.75. The van der Waals surface area contributed by atoms with Crippen LogP contribution in [-0.2, 0) is 6.54 Å².